The fourth-order valence-corrected chi connectivity index (χ4v) is 3.93. The van der Waals surface area contributed by atoms with Gasteiger partial charge in [-0.25, -0.2) is 4.98 Å². The van der Waals surface area contributed by atoms with Crippen LogP contribution < -0.4 is 10.7 Å². The number of imidazole rings is 1. The number of nitrogens with zero attached hydrogens (tertiary/aromatic N) is 3. The van der Waals surface area contributed by atoms with Gasteiger partial charge in [0.1, 0.15) is 6.54 Å². The van der Waals surface area contributed by atoms with E-state index in [1.165, 1.54) is 0 Å². The minimum absolute atomic E-state index is 0.0185. The van der Waals surface area contributed by atoms with Gasteiger partial charge in [-0.2, -0.15) is 0 Å². The number of hydrogen-bond donors (Lipinski definition) is 1. The van der Waals surface area contributed by atoms with Gasteiger partial charge in [-0.1, -0.05) is 36.4 Å². The highest BCUT2D eigenvalue weighted by atomic mass is 16.2. The molecule has 0 aliphatic rings. The highest BCUT2D eigenvalue weighted by molar-refractivity contribution is 5.97. The third-order valence-corrected chi connectivity index (χ3v) is 5.32. The van der Waals surface area contributed by atoms with Crippen LogP contribution in [0.15, 0.2) is 96.3 Å². The molecule has 0 atom stereocenters. The number of benzene rings is 3. The summed E-state index contributed by atoms with van der Waals surface area (Å²) >= 11 is 0. The van der Waals surface area contributed by atoms with Gasteiger partial charge in [0.25, 0.3) is 0 Å². The number of carbonyl (C=O) groups excluding carboxylic acids is 1. The Balaban J connectivity index is 1.46. The highest BCUT2D eigenvalue weighted by Gasteiger charge is 2.13. The van der Waals surface area contributed by atoms with Crippen molar-refractivity contribution in [3.05, 3.63) is 107 Å². The third kappa shape index (κ3) is 3.71. The maximum atomic E-state index is 13.0. The summed E-state index contributed by atoms with van der Waals surface area (Å²) in [6, 6.07) is 22.6. The lowest BCUT2D eigenvalue weighted by molar-refractivity contribution is -0.116. The maximum absolute atomic E-state index is 13.0. The Labute approximate surface area is 178 Å². The van der Waals surface area contributed by atoms with Crippen LogP contribution in [-0.2, 0) is 17.9 Å². The molecule has 1 N–H and O–H groups in total. The van der Waals surface area contributed by atoms with Crippen LogP contribution in [0.25, 0.3) is 21.8 Å². The molecule has 0 aliphatic heterocycles. The molecule has 152 valence electrons. The number of hydrogen-bond acceptors (Lipinski definition) is 3. The molecule has 0 bridgehead atoms. The van der Waals surface area contributed by atoms with Gasteiger partial charge in [-0.05, 0) is 42.0 Å². The molecule has 6 heteroatoms. The molecule has 0 fully saturated rings. The monoisotopic (exact) mass is 408 g/mol. The molecule has 31 heavy (non-hydrogen) atoms. The van der Waals surface area contributed by atoms with Gasteiger partial charge in [0, 0.05) is 35.4 Å². The first-order chi connectivity index (χ1) is 15.2. The van der Waals surface area contributed by atoms with Crippen molar-refractivity contribution in [2.24, 2.45) is 0 Å². The van der Waals surface area contributed by atoms with Crippen molar-refractivity contribution in [2.45, 2.75) is 13.1 Å². The molecule has 0 radical (unpaired) electrons. The third-order valence-electron chi connectivity index (χ3n) is 5.32. The van der Waals surface area contributed by atoms with Crippen LogP contribution in [0.5, 0.6) is 0 Å². The Kier molecular flexibility index (Phi) is 4.80. The van der Waals surface area contributed by atoms with Crippen molar-refractivity contribution < 1.29 is 4.79 Å². The molecule has 0 saturated carbocycles. The van der Waals surface area contributed by atoms with Crippen molar-refractivity contribution in [3.63, 3.8) is 0 Å². The van der Waals surface area contributed by atoms with Crippen molar-refractivity contribution in [1.29, 1.82) is 0 Å². The maximum Gasteiger partial charge on any atom is 0.244 e. The summed E-state index contributed by atoms with van der Waals surface area (Å²) in [4.78, 5) is 29.9. The molecule has 2 heterocycles. The Morgan fingerprint density at radius 2 is 1.61 bits per heavy atom. The average Bonchev–Trinajstić information content (AvgIpc) is 3.30. The van der Waals surface area contributed by atoms with E-state index in [1.54, 1.807) is 24.7 Å². The Hall–Kier alpha value is -4.19. The van der Waals surface area contributed by atoms with Gasteiger partial charge >= 0.3 is 0 Å². The van der Waals surface area contributed by atoms with E-state index in [-0.39, 0.29) is 17.9 Å². The molecule has 5 rings (SSSR count). The Morgan fingerprint density at radius 1 is 0.903 bits per heavy atom. The van der Waals surface area contributed by atoms with E-state index in [9.17, 15) is 9.59 Å². The van der Waals surface area contributed by atoms with Crippen LogP contribution in [0.2, 0.25) is 0 Å². The average molecular weight is 408 g/mol. The summed E-state index contributed by atoms with van der Waals surface area (Å²) in [6.45, 7) is 0.783. The van der Waals surface area contributed by atoms with E-state index in [0.717, 1.165) is 22.3 Å². The number of amides is 1. The lowest BCUT2D eigenvalue weighted by Gasteiger charge is -2.15. The fourth-order valence-electron chi connectivity index (χ4n) is 3.93. The predicted molar refractivity (Wildman–Crippen MR) is 122 cm³/mol. The van der Waals surface area contributed by atoms with E-state index in [1.807, 2.05) is 76.0 Å². The number of para-hydroxylation sites is 2. The number of anilines is 1. The topological polar surface area (TPSA) is 68.9 Å². The zero-order valence-corrected chi connectivity index (χ0v) is 16.7. The number of pyridine rings is 1. The van der Waals surface area contributed by atoms with E-state index in [4.69, 9.17) is 0 Å². The summed E-state index contributed by atoms with van der Waals surface area (Å²) in [5.74, 6) is -0.154. The summed E-state index contributed by atoms with van der Waals surface area (Å²) < 4.78 is 3.87. The summed E-state index contributed by atoms with van der Waals surface area (Å²) in [7, 11) is 0. The van der Waals surface area contributed by atoms with E-state index in [2.05, 4.69) is 10.3 Å². The fraction of sp³-hybridized carbons (Fsp3) is 0.0800. The van der Waals surface area contributed by atoms with Crippen LogP contribution >= 0.6 is 0 Å². The van der Waals surface area contributed by atoms with Crippen molar-refractivity contribution in [1.82, 2.24) is 14.1 Å². The number of fused-ring (bicyclic) bond motifs is 2. The lowest BCUT2D eigenvalue weighted by Crippen LogP contribution is -2.21. The first-order valence-corrected chi connectivity index (χ1v) is 10.0. The molecular weight excluding hydrogens is 388 g/mol. The van der Waals surface area contributed by atoms with Crippen LogP contribution in [0.1, 0.15) is 5.56 Å². The molecule has 1 amide bonds. The molecule has 5 aromatic rings. The largest absolute Gasteiger partial charge is 0.333 e. The van der Waals surface area contributed by atoms with Gasteiger partial charge in [-0.15, -0.1) is 0 Å². The summed E-state index contributed by atoms with van der Waals surface area (Å²) in [5.41, 5.74) is 3.27. The van der Waals surface area contributed by atoms with Crippen LogP contribution in [-0.4, -0.2) is 20.0 Å². The minimum Gasteiger partial charge on any atom is -0.333 e. The van der Waals surface area contributed by atoms with E-state index >= 15 is 0 Å². The number of rotatable bonds is 5. The minimum atomic E-state index is -0.154. The zero-order valence-electron chi connectivity index (χ0n) is 16.7. The van der Waals surface area contributed by atoms with Crippen molar-refractivity contribution in [3.8, 4) is 0 Å². The van der Waals surface area contributed by atoms with Crippen LogP contribution in [0.4, 0.5) is 5.69 Å². The van der Waals surface area contributed by atoms with Gasteiger partial charge in [-0.3, -0.25) is 9.59 Å². The van der Waals surface area contributed by atoms with Crippen LogP contribution in [0, 0.1) is 0 Å². The summed E-state index contributed by atoms with van der Waals surface area (Å²) in [6.07, 6.45) is 5.40. The van der Waals surface area contributed by atoms with Crippen molar-refractivity contribution >= 4 is 33.4 Å². The number of aromatic nitrogens is 3. The van der Waals surface area contributed by atoms with Gasteiger partial charge in [0.2, 0.25) is 5.91 Å². The Bertz CT molecular complexity index is 1390. The van der Waals surface area contributed by atoms with E-state index < -0.39 is 0 Å². The second-order valence-electron chi connectivity index (χ2n) is 7.43. The standard InChI is InChI=1S/C25H20N4O2/c30-24(27-19-7-5-6-18(14-19)15-28-13-12-26-17-28)16-29-22-10-3-1-8-20(22)25(31)21-9-2-4-11-23(21)29/h1-14,17H,15-16H2,(H,27,30). The highest BCUT2D eigenvalue weighted by Crippen LogP contribution is 2.19. The number of nitrogens with one attached hydrogen (secondary N) is 1. The smallest absolute Gasteiger partial charge is 0.244 e. The molecule has 2 aromatic heterocycles. The molecule has 3 aromatic carbocycles. The molecule has 0 unspecified atom stereocenters. The second kappa shape index (κ2) is 7.91. The zero-order chi connectivity index (χ0) is 21.2. The van der Waals surface area contributed by atoms with Crippen LogP contribution in [0.3, 0.4) is 0 Å². The number of carbonyl (C=O) groups is 1. The molecule has 0 aliphatic carbocycles. The van der Waals surface area contributed by atoms with Gasteiger partial charge < -0.3 is 14.5 Å². The SMILES string of the molecule is O=C(Cn1c2ccccc2c(=O)c2ccccc21)Nc1cccc(Cn2ccnc2)c1. The first-order valence-electron chi connectivity index (χ1n) is 10.0. The second-order valence-corrected chi connectivity index (χ2v) is 7.43. The quantitative estimate of drug-likeness (QED) is 0.446. The molecule has 0 spiro atoms. The van der Waals surface area contributed by atoms with Gasteiger partial charge in [0.05, 0.1) is 17.4 Å². The summed E-state index contributed by atoms with van der Waals surface area (Å²) in [5, 5.41) is 4.21. The molecular formula is C25H20N4O2. The predicted octanol–water partition coefficient (Wildman–Crippen LogP) is 4.04. The molecule has 0 saturated heterocycles. The Morgan fingerprint density at radius 3 is 2.29 bits per heavy atom. The van der Waals surface area contributed by atoms with E-state index in [0.29, 0.717) is 17.3 Å². The first kappa shape index (κ1) is 18.8. The van der Waals surface area contributed by atoms with Gasteiger partial charge in [0.15, 0.2) is 5.43 Å². The normalized spacial score (nSPS) is 11.1. The lowest BCUT2D eigenvalue weighted by atomic mass is 10.1. The van der Waals surface area contributed by atoms with Crippen molar-refractivity contribution in [2.75, 3.05) is 5.32 Å². The molecule has 6 nitrogen and oxygen atoms in total.